The quantitative estimate of drug-likeness (QED) is 0.941. The number of urea groups is 1. The minimum absolute atomic E-state index is 0.0627. The molecule has 5 heteroatoms. The summed E-state index contributed by atoms with van der Waals surface area (Å²) >= 11 is 0. The van der Waals surface area contributed by atoms with Crippen molar-refractivity contribution in [2.24, 2.45) is 0 Å². The van der Waals surface area contributed by atoms with Crippen LogP contribution in [0.1, 0.15) is 38.2 Å². The Bertz CT molecular complexity index is 621. The molecule has 1 aliphatic heterocycles. The first-order chi connectivity index (χ1) is 11.3. The lowest BCUT2D eigenvalue weighted by Gasteiger charge is -2.35. The average molecular weight is 312 g/mol. The van der Waals surface area contributed by atoms with Gasteiger partial charge in [-0.3, -0.25) is 0 Å². The van der Waals surface area contributed by atoms with Crippen molar-refractivity contribution in [3.05, 3.63) is 48.3 Å². The summed E-state index contributed by atoms with van der Waals surface area (Å²) in [6, 6.07) is 10.5. The molecule has 1 unspecified atom stereocenters. The number of likely N-dealkylation sites (tertiary alicyclic amines) is 1. The number of hydrogen-bond donors (Lipinski definition) is 1. The van der Waals surface area contributed by atoms with Crippen molar-refractivity contribution in [2.45, 2.75) is 45.2 Å². The van der Waals surface area contributed by atoms with Gasteiger partial charge in [0.05, 0.1) is 5.69 Å². The van der Waals surface area contributed by atoms with E-state index in [0.717, 1.165) is 37.1 Å². The number of carbonyl (C=O) groups excluding carboxylic acids is 1. The third-order valence-electron chi connectivity index (χ3n) is 4.51. The number of amides is 2. The van der Waals surface area contributed by atoms with E-state index in [1.807, 2.05) is 46.1 Å². The molecule has 0 saturated carbocycles. The maximum absolute atomic E-state index is 12.4. The molecule has 1 atom stereocenters. The van der Waals surface area contributed by atoms with Gasteiger partial charge < -0.3 is 10.2 Å². The highest BCUT2D eigenvalue weighted by molar-refractivity contribution is 5.74. The number of nitrogens with one attached hydrogen (secondary N) is 1. The molecule has 23 heavy (non-hydrogen) atoms. The summed E-state index contributed by atoms with van der Waals surface area (Å²) < 4.78 is 1.82. The van der Waals surface area contributed by atoms with Gasteiger partial charge in [0.2, 0.25) is 0 Å². The lowest BCUT2D eigenvalue weighted by molar-refractivity contribution is 0.148. The normalized spacial score (nSPS) is 18.0. The summed E-state index contributed by atoms with van der Waals surface area (Å²) in [5.74, 6) is 0. The van der Waals surface area contributed by atoms with Crippen LogP contribution in [0.3, 0.4) is 0 Å². The Hall–Kier alpha value is -2.30. The second-order valence-electron chi connectivity index (χ2n) is 6.03. The van der Waals surface area contributed by atoms with Crippen LogP contribution in [0, 0.1) is 0 Å². The lowest BCUT2D eigenvalue weighted by Crippen LogP contribution is -2.48. The van der Waals surface area contributed by atoms with E-state index in [4.69, 9.17) is 0 Å². The number of aromatic nitrogens is 2. The van der Waals surface area contributed by atoms with Crippen LogP contribution in [0.15, 0.2) is 42.7 Å². The Kier molecular flexibility index (Phi) is 4.95. The van der Waals surface area contributed by atoms with Gasteiger partial charge in [-0.05, 0) is 49.4 Å². The van der Waals surface area contributed by atoms with Crippen LogP contribution in [0.5, 0.6) is 0 Å². The number of rotatable bonds is 4. The highest BCUT2D eigenvalue weighted by Crippen LogP contribution is 2.19. The Morgan fingerprint density at radius 1 is 1.30 bits per heavy atom. The zero-order valence-electron chi connectivity index (χ0n) is 13.6. The van der Waals surface area contributed by atoms with E-state index in [9.17, 15) is 4.79 Å². The molecule has 2 heterocycles. The summed E-state index contributed by atoms with van der Waals surface area (Å²) in [6.45, 7) is 3.60. The molecule has 1 aliphatic rings. The third-order valence-corrected chi connectivity index (χ3v) is 4.51. The zero-order chi connectivity index (χ0) is 16.1. The number of benzene rings is 1. The van der Waals surface area contributed by atoms with Gasteiger partial charge in [-0.2, -0.15) is 5.10 Å². The number of piperidine rings is 1. The molecule has 122 valence electrons. The Morgan fingerprint density at radius 2 is 2.13 bits per heavy atom. The van der Waals surface area contributed by atoms with Crippen LogP contribution >= 0.6 is 0 Å². The van der Waals surface area contributed by atoms with E-state index in [-0.39, 0.29) is 6.03 Å². The number of carbonyl (C=O) groups is 1. The second-order valence-corrected chi connectivity index (χ2v) is 6.03. The smallest absolute Gasteiger partial charge is 0.317 e. The third kappa shape index (κ3) is 3.73. The van der Waals surface area contributed by atoms with Crippen LogP contribution in [-0.4, -0.2) is 33.3 Å². The molecule has 5 nitrogen and oxygen atoms in total. The SMILES string of the molecule is CCC1CCCCN1C(=O)NCc1ccc(-n2cccn2)cc1. The van der Waals surface area contributed by atoms with E-state index in [0.29, 0.717) is 12.6 Å². The Balaban J connectivity index is 1.56. The first kappa shape index (κ1) is 15.6. The molecule has 1 fully saturated rings. The highest BCUT2D eigenvalue weighted by atomic mass is 16.2. The van der Waals surface area contributed by atoms with Gasteiger partial charge in [-0.15, -0.1) is 0 Å². The van der Waals surface area contributed by atoms with Crippen molar-refractivity contribution in [2.75, 3.05) is 6.54 Å². The zero-order valence-corrected chi connectivity index (χ0v) is 13.6. The molecule has 1 saturated heterocycles. The second kappa shape index (κ2) is 7.31. The fourth-order valence-corrected chi connectivity index (χ4v) is 3.16. The molecular weight excluding hydrogens is 288 g/mol. The van der Waals surface area contributed by atoms with Crippen molar-refractivity contribution in [1.82, 2.24) is 20.0 Å². The molecule has 0 aliphatic carbocycles. The fourth-order valence-electron chi connectivity index (χ4n) is 3.16. The van der Waals surface area contributed by atoms with Crippen molar-refractivity contribution >= 4 is 6.03 Å². The topological polar surface area (TPSA) is 50.2 Å². The van der Waals surface area contributed by atoms with E-state index in [1.165, 1.54) is 6.42 Å². The summed E-state index contributed by atoms with van der Waals surface area (Å²) in [5, 5.41) is 7.26. The molecule has 0 spiro atoms. The van der Waals surface area contributed by atoms with E-state index >= 15 is 0 Å². The van der Waals surface area contributed by atoms with Gasteiger partial charge in [0.15, 0.2) is 0 Å². The van der Waals surface area contributed by atoms with Gasteiger partial charge >= 0.3 is 6.03 Å². The van der Waals surface area contributed by atoms with Gasteiger partial charge in [-0.1, -0.05) is 19.1 Å². The van der Waals surface area contributed by atoms with Crippen molar-refractivity contribution in [1.29, 1.82) is 0 Å². The maximum Gasteiger partial charge on any atom is 0.317 e. The fraction of sp³-hybridized carbons (Fsp3) is 0.444. The molecule has 0 bridgehead atoms. The molecule has 1 aromatic heterocycles. The minimum Gasteiger partial charge on any atom is -0.334 e. The predicted molar refractivity (Wildman–Crippen MR) is 90.4 cm³/mol. The van der Waals surface area contributed by atoms with Gasteiger partial charge in [0.1, 0.15) is 0 Å². The first-order valence-corrected chi connectivity index (χ1v) is 8.41. The molecule has 1 aromatic carbocycles. The maximum atomic E-state index is 12.4. The lowest BCUT2D eigenvalue weighted by atomic mass is 10.0. The van der Waals surface area contributed by atoms with E-state index in [1.54, 1.807) is 6.20 Å². The summed E-state index contributed by atoms with van der Waals surface area (Å²) in [7, 11) is 0. The van der Waals surface area contributed by atoms with Crippen molar-refractivity contribution in [3.8, 4) is 5.69 Å². The largest absolute Gasteiger partial charge is 0.334 e. The highest BCUT2D eigenvalue weighted by Gasteiger charge is 2.24. The number of hydrogen-bond acceptors (Lipinski definition) is 2. The average Bonchev–Trinajstić information content (AvgIpc) is 3.14. The van der Waals surface area contributed by atoms with Crippen LogP contribution in [0.25, 0.3) is 5.69 Å². The van der Waals surface area contributed by atoms with E-state index < -0.39 is 0 Å². The van der Waals surface area contributed by atoms with Gasteiger partial charge in [0, 0.05) is 31.5 Å². The molecule has 2 amide bonds. The summed E-state index contributed by atoms with van der Waals surface area (Å²) in [5.41, 5.74) is 2.12. The van der Waals surface area contributed by atoms with Crippen LogP contribution in [-0.2, 0) is 6.54 Å². The molecule has 0 radical (unpaired) electrons. The summed E-state index contributed by atoms with van der Waals surface area (Å²) in [4.78, 5) is 14.4. The molecular formula is C18H24N4O. The van der Waals surface area contributed by atoms with Crippen LogP contribution in [0.2, 0.25) is 0 Å². The van der Waals surface area contributed by atoms with Crippen molar-refractivity contribution in [3.63, 3.8) is 0 Å². The number of nitrogens with zero attached hydrogens (tertiary/aromatic N) is 3. The Labute approximate surface area is 137 Å². The van der Waals surface area contributed by atoms with Gasteiger partial charge in [0.25, 0.3) is 0 Å². The van der Waals surface area contributed by atoms with E-state index in [2.05, 4.69) is 17.3 Å². The predicted octanol–water partition coefficient (Wildman–Crippen LogP) is 3.35. The standard InChI is InChI=1S/C18H24N4O/c1-2-16-6-3-4-12-21(16)18(23)19-14-15-7-9-17(10-8-15)22-13-5-11-20-22/h5,7-11,13,16H,2-4,6,12,14H2,1H3,(H,19,23). The van der Waals surface area contributed by atoms with Crippen LogP contribution in [0.4, 0.5) is 4.79 Å². The molecule has 2 aromatic rings. The molecule has 3 rings (SSSR count). The van der Waals surface area contributed by atoms with Crippen LogP contribution < -0.4 is 5.32 Å². The minimum atomic E-state index is 0.0627. The van der Waals surface area contributed by atoms with Gasteiger partial charge in [-0.25, -0.2) is 9.48 Å². The Morgan fingerprint density at radius 3 is 2.83 bits per heavy atom. The monoisotopic (exact) mass is 312 g/mol. The molecule has 1 N–H and O–H groups in total. The van der Waals surface area contributed by atoms with Crippen molar-refractivity contribution < 1.29 is 4.79 Å². The first-order valence-electron chi connectivity index (χ1n) is 8.41. The summed E-state index contributed by atoms with van der Waals surface area (Å²) in [6.07, 6.45) is 8.18.